The fourth-order valence-corrected chi connectivity index (χ4v) is 1.90. The Hall–Kier alpha value is -1.57. The van der Waals surface area contributed by atoms with Crippen molar-refractivity contribution in [2.75, 3.05) is 18.0 Å². The third-order valence-corrected chi connectivity index (χ3v) is 2.99. The number of benzene rings is 1. The van der Waals surface area contributed by atoms with E-state index in [-0.39, 0.29) is 0 Å². The molecule has 0 saturated carbocycles. The van der Waals surface area contributed by atoms with Crippen molar-refractivity contribution >= 4 is 5.69 Å². The molecule has 0 radical (unpaired) electrons. The topological polar surface area (TPSA) is 73.3 Å². The predicted octanol–water partition coefficient (Wildman–Crippen LogP) is 0.806. The Bertz CT molecular complexity index is 395. The van der Waals surface area contributed by atoms with Crippen LogP contribution < -0.4 is 10.6 Å². The summed E-state index contributed by atoms with van der Waals surface area (Å²) < 4.78 is 0. The molecule has 0 bridgehead atoms. The van der Waals surface area contributed by atoms with Crippen LogP contribution in [0.4, 0.5) is 5.69 Å². The first-order valence-corrected chi connectivity index (χ1v) is 5.37. The van der Waals surface area contributed by atoms with Crippen molar-refractivity contribution in [3.05, 3.63) is 29.8 Å². The minimum absolute atomic E-state index is 0.576. The number of hydrogen-bond acceptors (Lipinski definition) is 4. The highest BCUT2D eigenvalue weighted by Gasteiger charge is 2.27. The Morgan fingerprint density at radius 3 is 2.31 bits per heavy atom. The Kier molecular flexibility index (Phi) is 2.82. The first-order valence-electron chi connectivity index (χ1n) is 5.37. The van der Waals surface area contributed by atoms with E-state index in [0.717, 1.165) is 18.8 Å². The fourth-order valence-electron chi connectivity index (χ4n) is 1.90. The van der Waals surface area contributed by atoms with Gasteiger partial charge in [0, 0.05) is 31.6 Å². The monoisotopic (exact) mass is 217 g/mol. The normalized spacial score (nSPS) is 19.2. The lowest BCUT2D eigenvalue weighted by Crippen LogP contribution is -2.50. The summed E-state index contributed by atoms with van der Waals surface area (Å²) in [4.78, 5) is 2.17. The van der Waals surface area contributed by atoms with Gasteiger partial charge in [-0.3, -0.25) is 0 Å². The third kappa shape index (κ3) is 2.32. The second-order valence-corrected chi connectivity index (χ2v) is 4.25. The standard InChI is InChI=1S/C12H15N3O/c13-9-10-1-3-11(4-2-10)15-7-5-12(14,16)6-8-15/h1-4,16H,5-8,14H2. The van der Waals surface area contributed by atoms with Gasteiger partial charge < -0.3 is 15.7 Å². The molecule has 1 fully saturated rings. The van der Waals surface area contributed by atoms with Gasteiger partial charge in [-0.1, -0.05) is 0 Å². The fraction of sp³-hybridized carbons (Fsp3) is 0.417. The summed E-state index contributed by atoms with van der Waals surface area (Å²) in [6.07, 6.45) is 1.15. The van der Waals surface area contributed by atoms with Crippen molar-refractivity contribution in [3.8, 4) is 6.07 Å². The van der Waals surface area contributed by atoms with Crippen molar-refractivity contribution in [2.45, 2.75) is 18.6 Å². The lowest BCUT2D eigenvalue weighted by molar-refractivity contribution is 0.0226. The molecule has 3 N–H and O–H groups in total. The first-order chi connectivity index (χ1) is 7.61. The number of hydrogen-bond donors (Lipinski definition) is 2. The summed E-state index contributed by atoms with van der Waals surface area (Å²) >= 11 is 0. The van der Waals surface area contributed by atoms with E-state index in [4.69, 9.17) is 11.0 Å². The molecule has 0 spiro atoms. The highest BCUT2D eigenvalue weighted by Crippen LogP contribution is 2.23. The number of aliphatic hydroxyl groups is 1. The Balaban J connectivity index is 2.06. The molecule has 0 atom stereocenters. The molecule has 0 aliphatic carbocycles. The van der Waals surface area contributed by atoms with Crippen molar-refractivity contribution < 1.29 is 5.11 Å². The number of piperidine rings is 1. The zero-order valence-electron chi connectivity index (χ0n) is 9.06. The highest BCUT2D eigenvalue weighted by atomic mass is 16.3. The molecule has 0 unspecified atom stereocenters. The molecule has 1 aromatic rings. The van der Waals surface area contributed by atoms with Gasteiger partial charge in [0.25, 0.3) is 0 Å². The van der Waals surface area contributed by atoms with Crippen molar-refractivity contribution in [1.82, 2.24) is 0 Å². The van der Waals surface area contributed by atoms with Crippen LogP contribution in [0.5, 0.6) is 0 Å². The van der Waals surface area contributed by atoms with Crippen LogP contribution in [-0.4, -0.2) is 23.9 Å². The Morgan fingerprint density at radius 2 is 1.81 bits per heavy atom. The predicted molar refractivity (Wildman–Crippen MR) is 61.7 cm³/mol. The summed E-state index contributed by atoms with van der Waals surface area (Å²) in [5.41, 5.74) is 6.38. The Labute approximate surface area is 94.9 Å². The molecule has 1 aromatic carbocycles. The maximum Gasteiger partial charge on any atom is 0.116 e. The quantitative estimate of drug-likeness (QED) is 0.683. The molecule has 0 aromatic heterocycles. The van der Waals surface area contributed by atoms with E-state index < -0.39 is 5.72 Å². The second kappa shape index (κ2) is 4.12. The van der Waals surface area contributed by atoms with Crippen LogP contribution in [0.25, 0.3) is 0 Å². The molecule has 2 rings (SSSR count). The van der Waals surface area contributed by atoms with E-state index >= 15 is 0 Å². The van der Waals surface area contributed by atoms with Gasteiger partial charge in [0.05, 0.1) is 11.6 Å². The minimum Gasteiger partial charge on any atom is -0.376 e. The summed E-state index contributed by atoms with van der Waals surface area (Å²) in [6, 6.07) is 9.56. The molecule has 1 aliphatic heterocycles. The lowest BCUT2D eigenvalue weighted by atomic mass is 10.0. The van der Waals surface area contributed by atoms with E-state index in [9.17, 15) is 5.11 Å². The maximum absolute atomic E-state index is 9.63. The van der Waals surface area contributed by atoms with Crippen LogP contribution in [0.15, 0.2) is 24.3 Å². The van der Waals surface area contributed by atoms with Crippen molar-refractivity contribution in [3.63, 3.8) is 0 Å². The molecule has 4 heteroatoms. The first kappa shape index (κ1) is 10.9. The van der Waals surface area contributed by atoms with Crippen molar-refractivity contribution in [2.24, 2.45) is 5.73 Å². The molecular weight excluding hydrogens is 202 g/mol. The van der Waals surface area contributed by atoms with Gasteiger partial charge in [-0.05, 0) is 24.3 Å². The van der Waals surface area contributed by atoms with Crippen molar-refractivity contribution in [1.29, 1.82) is 5.26 Å². The van der Waals surface area contributed by atoms with Gasteiger partial charge >= 0.3 is 0 Å². The zero-order chi connectivity index (χ0) is 11.6. The highest BCUT2D eigenvalue weighted by molar-refractivity contribution is 5.50. The van der Waals surface area contributed by atoms with Gasteiger partial charge in [-0.2, -0.15) is 5.26 Å². The smallest absolute Gasteiger partial charge is 0.116 e. The summed E-state index contributed by atoms with van der Waals surface area (Å²) in [5, 5.41) is 18.3. The van der Waals surface area contributed by atoms with Gasteiger partial charge in [0.1, 0.15) is 5.72 Å². The van der Waals surface area contributed by atoms with E-state index in [1.807, 2.05) is 12.1 Å². The summed E-state index contributed by atoms with van der Waals surface area (Å²) in [7, 11) is 0. The van der Waals surface area contributed by atoms with Crippen LogP contribution in [-0.2, 0) is 0 Å². The number of nitrogens with zero attached hydrogens (tertiary/aromatic N) is 2. The average molecular weight is 217 g/mol. The molecule has 1 aliphatic rings. The largest absolute Gasteiger partial charge is 0.376 e. The van der Waals surface area contributed by atoms with Gasteiger partial charge in [-0.25, -0.2) is 0 Å². The molecule has 0 amide bonds. The lowest BCUT2D eigenvalue weighted by Gasteiger charge is -2.36. The van der Waals surface area contributed by atoms with E-state index in [2.05, 4.69) is 11.0 Å². The van der Waals surface area contributed by atoms with E-state index in [1.54, 1.807) is 12.1 Å². The molecule has 1 heterocycles. The number of rotatable bonds is 1. The molecule has 84 valence electrons. The number of anilines is 1. The van der Waals surface area contributed by atoms with Crippen LogP contribution in [0.1, 0.15) is 18.4 Å². The number of nitriles is 1. The average Bonchev–Trinajstić information content (AvgIpc) is 2.29. The summed E-state index contributed by atoms with van der Waals surface area (Å²) in [5.74, 6) is 0. The maximum atomic E-state index is 9.63. The minimum atomic E-state index is -1.01. The van der Waals surface area contributed by atoms with E-state index in [1.165, 1.54) is 0 Å². The van der Waals surface area contributed by atoms with Crippen LogP contribution in [0, 0.1) is 11.3 Å². The zero-order valence-corrected chi connectivity index (χ0v) is 9.06. The number of nitrogens with two attached hydrogens (primary N) is 1. The molecule has 4 nitrogen and oxygen atoms in total. The summed E-state index contributed by atoms with van der Waals surface area (Å²) in [6.45, 7) is 1.50. The molecule has 16 heavy (non-hydrogen) atoms. The molecular formula is C12H15N3O. The van der Waals surface area contributed by atoms with E-state index in [0.29, 0.717) is 18.4 Å². The van der Waals surface area contributed by atoms with Crippen LogP contribution in [0.3, 0.4) is 0 Å². The van der Waals surface area contributed by atoms with Crippen LogP contribution >= 0.6 is 0 Å². The van der Waals surface area contributed by atoms with Gasteiger partial charge in [0.15, 0.2) is 0 Å². The van der Waals surface area contributed by atoms with Gasteiger partial charge in [0.2, 0.25) is 0 Å². The second-order valence-electron chi connectivity index (χ2n) is 4.25. The SMILES string of the molecule is N#Cc1ccc(N2CCC(N)(O)CC2)cc1. The Morgan fingerprint density at radius 1 is 1.25 bits per heavy atom. The third-order valence-electron chi connectivity index (χ3n) is 2.99. The van der Waals surface area contributed by atoms with Gasteiger partial charge in [-0.15, -0.1) is 0 Å². The molecule has 1 saturated heterocycles. The van der Waals surface area contributed by atoms with Crippen LogP contribution in [0.2, 0.25) is 0 Å².